The van der Waals surface area contributed by atoms with Gasteiger partial charge in [0.25, 0.3) is 0 Å². The van der Waals surface area contributed by atoms with Crippen LogP contribution in [0.2, 0.25) is 0 Å². The van der Waals surface area contributed by atoms with Gasteiger partial charge in [-0.15, -0.1) is 10.2 Å². The minimum absolute atomic E-state index is 0.277. The summed E-state index contributed by atoms with van der Waals surface area (Å²) in [4.78, 5) is 4.47. The fraction of sp³-hybridized carbons (Fsp3) is 0.471. The normalized spacial score (nSPS) is 12.4. The van der Waals surface area contributed by atoms with Gasteiger partial charge in [0.15, 0.2) is 5.96 Å². The highest BCUT2D eigenvalue weighted by Gasteiger charge is 2.16. The minimum Gasteiger partial charge on any atom is -0.355 e. The average molecular weight is 394 g/mol. The Morgan fingerprint density at radius 3 is 2.52 bits per heavy atom. The molecule has 0 amide bonds. The van der Waals surface area contributed by atoms with Gasteiger partial charge in [0.1, 0.15) is 12.2 Å². The van der Waals surface area contributed by atoms with Crippen LogP contribution in [0.1, 0.15) is 18.3 Å². The van der Waals surface area contributed by atoms with Gasteiger partial charge >= 0.3 is 0 Å². The monoisotopic (exact) mass is 393 g/mol. The molecule has 2 rings (SSSR count). The maximum Gasteiger partial charge on any atom is 0.242 e. The Morgan fingerprint density at radius 1 is 1.22 bits per heavy atom. The Kier molecular flexibility index (Phi) is 7.31. The molecule has 0 saturated carbocycles. The van der Waals surface area contributed by atoms with Crippen molar-refractivity contribution >= 4 is 16.0 Å². The van der Waals surface area contributed by atoms with Crippen molar-refractivity contribution in [3.63, 3.8) is 0 Å². The minimum atomic E-state index is -3.40. The van der Waals surface area contributed by atoms with Crippen molar-refractivity contribution < 1.29 is 8.42 Å². The molecule has 10 heteroatoms. The number of benzene rings is 1. The van der Waals surface area contributed by atoms with E-state index in [1.165, 1.54) is 18.4 Å². The van der Waals surface area contributed by atoms with Crippen LogP contribution < -0.4 is 10.6 Å². The third kappa shape index (κ3) is 5.51. The van der Waals surface area contributed by atoms with Crippen molar-refractivity contribution in [1.29, 1.82) is 0 Å². The number of hydrogen-bond donors (Lipinski definition) is 2. The van der Waals surface area contributed by atoms with Gasteiger partial charge in [-0.2, -0.15) is 0 Å². The molecule has 0 saturated heterocycles. The molecule has 0 spiro atoms. The zero-order valence-electron chi connectivity index (χ0n) is 16.2. The van der Waals surface area contributed by atoms with E-state index in [9.17, 15) is 8.42 Å². The van der Waals surface area contributed by atoms with Gasteiger partial charge in [0.2, 0.25) is 10.0 Å². The Bertz CT molecular complexity index is 858. The van der Waals surface area contributed by atoms with Gasteiger partial charge in [0, 0.05) is 47.2 Å². The Balaban J connectivity index is 1.85. The van der Waals surface area contributed by atoms with E-state index in [1.54, 1.807) is 37.6 Å². The summed E-state index contributed by atoms with van der Waals surface area (Å²) in [7, 11) is 1.34. The first-order chi connectivity index (χ1) is 12.9. The predicted octanol–water partition coefficient (Wildman–Crippen LogP) is 0.456. The van der Waals surface area contributed by atoms with Crippen LogP contribution in [0, 0.1) is 0 Å². The maximum atomic E-state index is 12.1. The summed E-state index contributed by atoms with van der Waals surface area (Å²) in [6.07, 6.45) is 2.56. The summed E-state index contributed by atoms with van der Waals surface area (Å²) in [6.45, 7) is 4.01. The molecule has 1 aromatic carbocycles. The van der Waals surface area contributed by atoms with Crippen molar-refractivity contribution in [3.05, 3.63) is 42.0 Å². The van der Waals surface area contributed by atoms with Crippen LogP contribution in [0.15, 0.2) is 40.5 Å². The highest BCUT2D eigenvalue weighted by Crippen LogP contribution is 2.13. The SMILES string of the molecule is CCc1nncn1CCNC(=NC)NCc1ccc(S(=O)(=O)N(C)C)cc1. The lowest BCUT2D eigenvalue weighted by molar-refractivity contribution is 0.520. The zero-order chi connectivity index (χ0) is 19.9. The van der Waals surface area contributed by atoms with Gasteiger partial charge < -0.3 is 15.2 Å². The largest absolute Gasteiger partial charge is 0.355 e. The summed E-state index contributed by atoms with van der Waals surface area (Å²) in [5.41, 5.74) is 0.961. The number of aryl methyl sites for hydroxylation is 1. The number of aromatic nitrogens is 3. The molecule has 0 fully saturated rings. The molecular formula is C17H27N7O2S. The van der Waals surface area contributed by atoms with Crippen LogP contribution in [0.4, 0.5) is 0 Å². The Labute approximate surface area is 160 Å². The number of guanidine groups is 1. The van der Waals surface area contributed by atoms with Gasteiger partial charge in [-0.1, -0.05) is 19.1 Å². The fourth-order valence-corrected chi connectivity index (χ4v) is 3.33. The molecule has 2 aromatic rings. The van der Waals surface area contributed by atoms with Crippen LogP contribution in [-0.4, -0.2) is 61.1 Å². The Morgan fingerprint density at radius 2 is 1.93 bits per heavy atom. The second kappa shape index (κ2) is 9.47. The van der Waals surface area contributed by atoms with E-state index in [-0.39, 0.29) is 4.90 Å². The lowest BCUT2D eigenvalue weighted by Crippen LogP contribution is -2.38. The summed E-state index contributed by atoms with van der Waals surface area (Å²) in [5.74, 6) is 1.62. The average Bonchev–Trinajstić information content (AvgIpc) is 3.12. The quantitative estimate of drug-likeness (QED) is 0.499. The highest BCUT2D eigenvalue weighted by atomic mass is 32.2. The lowest BCUT2D eigenvalue weighted by Gasteiger charge is -2.14. The van der Waals surface area contributed by atoms with Crippen LogP contribution in [-0.2, 0) is 29.5 Å². The molecule has 0 atom stereocenters. The second-order valence-corrected chi connectivity index (χ2v) is 8.23. The number of aliphatic imine (C=N–C) groups is 1. The van der Waals surface area contributed by atoms with Gasteiger partial charge in [-0.25, -0.2) is 12.7 Å². The maximum absolute atomic E-state index is 12.1. The number of nitrogens with zero attached hydrogens (tertiary/aromatic N) is 5. The van der Waals surface area contributed by atoms with Crippen LogP contribution in [0.25, 0.3) is 0 Å². The molecule has 27 heavy (non-hydrogen) atoms. The van der Waals surface area contributed by atoms with E-state index in [0.717, 1.165) is 24.4 Å². The van der Waals surface area contributed by atoms with E-state index in [1.807, 2.05) is 11.5 Å². The van der Waals surface area contributed by atoms with Crippen molar-refractivity contribution in [2.45, 2.75) is 31.3 Å². The van der Waals surface area contributed by atoms with Crippen molar-refractivity contribution in [1.82, 2.24) is 29.7 Å². The predicted molar refractivity (Wildman–Crippen MR) is 105 cm³/mol. The molecule has 0 unspecified atom stereocenters. The zero-order valence-corrected chi connectivity index (χ0v) is 17.0. The smallest absolute Gasteiger partial charge is 0.242 e. The molecule has 148 valence electrons. The Hall–Kier alpha value is -2.46. The van der Waals surface area contributed by atoms with E-state index >= 15 is 0 Å². The molecule has 0 aliphatic carbocycles. The highest BCUT2D eigenvalue weighted by molar-refractivity contribution is 7.89. The molecule has 9 nitrogen and oxygen atoms in total. The van der Waals surface area contributed by atoms with E-state index < -0.39 is 10.0 Å². The molecule has 0 aliphatic heterocycles. The third-order valence-corrected chi connectivity index (χ3v) is 5.87. The lowest BCUT2D eigenvalue weighted by atomic mass is 10.2. The molecule has 1 heterocycles. The number of hydrogen-bond acceptors (Lipinski definition) is 5. The van der Waals surface area contributed by atoms with Gasteiger partial charge in [-0.3, -0.25) is 4.99 Å². The number of nitrogens with one attached hydrogen (secondary N) is 2. The first-order valence-corrected chi connectivity index (χ1v) is 10.1. The second-order valence-electron chi connectivity index (χ2n) is 6.08. The molecule has 0 aliphatic rings. The van der Waals surface area contributed by atoms with Crippen molar-refractivity contribution in [2.75, 3.05) is 27.7 Å². The van der Waals surface area contributed by atoms with Crippen LogP contribution in [0.5, 0.6) is 0 Å². The first kappa shape index (κ1) is 20.8. The number of rotatable bonds is 8. The van der Waals surface area contributed by atoms with Crippen molar-refractivity contribution in [3.8, 4) is 0 Å². The van der Waals surface area contributed by atoms with E-state index in [2.05, 4.69) is 25.8 Å². The summed E-state index contributed by atoms with van der Waals surface area (Å²) in [5, 5.41) is 14.4. The number of sulfonamides is 1. The van der Waals surface area contributed by atoms with Crippen LogP contribution in [0.3, 0.4) is 0 Å². The third-order valence-electron chi connectivity index (χ3n) is 4.04. The summed E-state index contributed by atoms with van der Waals surface area (Å²) >= 11 is 0. The summed E-state index contributed by atoms with van der Waals surface area (Å²) < 4.78 is 27.4. The molecule has 0 bridgehead atoms. The van der Waals surface area contributed by atoms with Crippen LogP contribution >= 0.6 is 0 Å². The standard InChI is InChI=1S/C17H27N7O2S/c1-5-16-22-21-13-24(16)11-10-19-17(18-2)20-12-14-6-8-15(9-7-14)27(25,26)23(3)4/h6-9,13H,5,10-12H2,1-4H3,(H2,18,19,20). The molecule has 0 radical (unpaired) electrons. The molecular weight excluding hydrogens is 366 g/mol. The van der Waals surface area contributed by atoms with Gasteiger partial charge in [-0.05, 0) is 17.7 Å². The first-order valence-electron chi connectivity index (χ1n) is 8.71. The molecule has 2 N–H and O–H groups in total. The van der Waals surface area contributed by atoms with E-state index in [4.69, 9.17) is 0 Å². The summed E-state index contributed by atoms with van der Waals surface area (Å²) in [6, 6.07) is 6.81. The fourth-order valence-electron chi connectivity index (χ4n) is 2.43. The van der Waals surface area contributed by atoms with Crippen molar-refractivity contribution in [2.24, 2.45) is 4.99 Å². The topological polar surface area (TPSA) is 105 Å². The van der Waals surface area contributed by atoms with Gasteiger partial charge in [0.05, 0.1) is 4.90 Å². The molecule has 1 aromatic heterocycles. The van der Waals surface area contributed by atoms with E-state index in [0.29, 0.717) is 19.0 Å².